The van der Waals surface area contributed by atoms with Gasteiger partial charge in [0.25, 0.3) is 0 Å². The number of hydrogen-bond acceptors (Lipinski definition) is 1. The molecule has 0 atom stereocenters. The predicted octanol–water partition coefficient (Wildman–Crippen LogP) is 3.41. The SMILES string of the molecule is C=C(N)c1ccc(Br)cc1/C=C\C. The molecule has 2 N–H and O–H groups in total. The van der Waals surface area contributed by atoms with Gasteiger partial charge in [0, 0.05) is 15.7 Å². The Morgan fingerprint density at radius 2 is 2.23 bits per heavy atom. The fraction of sp³-hybridized carbons (Fsp3) is 0.0909. The molecule has 13 heavy (non-hydrogen) atoms. The molecule has 0 aliphatic rings. The van der Waals surface area contributed by atoms with Crippen LogP contribution in [-0.2, 0) is 0 Å². The third-order valence-electron chi connectivity index (χ3n) is 1.71. The lowest BCUT2D eigenvalue weighted by molar-refractivity contribution is 1.48. The molecule has 0 unspecified atom stereocenters. The van der Waals surface area contributed by atoms with Crippen molar-refractivity contribution < 1.29 is 0 Å². The van der Waals surface area contributed by atoms with E-state index in [1.165, 1.54) is 0 Å². The number of hydrogen-bond donors (Lipinski definition) is 1. The number of rotatable bonds is 2. The van der Waals surface area contributed by atoms with Crippen molar-refractivity contribution in [1.82, 2.24) is 0 Å². The van der Waals surface area contributed by atoms with Crippen molar-refractivity contribution in [1.29, 1.82) is 0 Å². The maximum Gasteiger partial charge on any atom is 0.0320 e. The molecule has 0 fully saturated rings. The fourth-order valence-corrected chi connectivity index (χ4v) is 1.52. The molecule has 2 heteroatoms. The van der Waals surface area contributed by atoms with Crippen molar-refractivity contribution in [3.05, 3.63) is 46.5 Å². The van der Waals surface area contributed by atoms with Gasteiger partial charge in [-0.25, -0.2) is 0 Å². The Morgan fingerprint density at radius 3 is 2.77 bits per heavy atom. The Morgan fingerprint density at radius 1 is 1.54 bits per heavy atom. The summed E-state index contributed by atoms with van der Waals surface area (Å²) in [5, 5.41) is 0. The standard InChI is InChI=1S/C11H12BrN/c1-3-4-9-7-10(12)5-6-11(9)8(2)13/h3-7H,2,13H2,1H3/b4-3-. The van der Waals surface area contributed by atoms with Gasteiger partial charge in [-0.15, -0.1) is 0 Å². The molecule has 0 saturated carbocycles. The molecule has 1 rings (SSSR count). The lowest BCUT2D eigenvalue weighted by Crippen LogP contribution is -1.96. The Hall–Kier alpha value is -1.02. The van der Waals surface area contributed by atoms with Crippen LogP contribution in [0.15, 0.2) is 35.3 Å². The topological polar surface area (TPSA) is 26.0 Å². The summed E-state index contributed by atoms with van der Waals surface area (Å²) >= 11 is 3.41. The van der Waals surface area contributed by atoms with Gasteiger partial charge in [-0.1, -0.05) is 40.7 Å². The predicted molar refractivity (Wildman–Crippen MR) is 62.1 cm³/mol. The zero-order valence-electron chi connectivity index (χ0n) is 7.55. The Kier molecular flexibility index (Phi) is 3.32. The van der Waals surface area contributed by atoms with Gasteiger partial charge in [-0.3, -0.25) is 0 Å². The lowest BCUT2D eigenvalue weighted by atomic mass is 10.1. The molecule has 0 heterocycles. The van der Waals surface area contributed by atoms with Gasteiger partial charge in [-0.05, 0) is 24.6 Å². The van der Waals surface area contributed by atoms with Crippen LogP contribution in [0.4, 0.5) is 0 Å². The first-order valence-corrected chi connectivity index (χ1v) is 4.81. The molecule has 0 spiro atoms. The summed E-state index contributed by atoms with van der Waals surface area (Å²) in [6.45, 7) is 5.70. The van der Waals surface area contributed by atoms with Crippen LogP contribution in [0.5, 0.6) is 0 Å². The maximum absolute atomic E-state index is 5.65. The van der Waals surface area contributed by atoms with Gasteiger partial charge in [-0.2, -0.15) is 0 Å². The minimum atomic E-state index is 0.598. The van der Waals surface area contributed by atoms with Crippen molar-refractivity contribution in [2.75, 3.05) is 0 Å². The molecule has 68 valence electrons. The summed E-state index contributed by atoms with van der Waals surface area (Å²) in [7, 11) is 0. The number of nitrogens with two attached hydrogens (primary N) is 1. The summed E-state index contributed by atoms with van der Waals surface area (Å²) in [6.07, 6.45) is 3.99. The molecule has 0 aromatic heterocycles. The smallest absolute Gasteiger partial charge is 0.0320 e. The number of benzene rings is 1. The van der Waals surface area contributed by atoms with E-state index in [9.17, 15) is 0 Å². The minimum absolute atomic E-state index is 0.598. The molecule has 0 amide bonds. The van der Waals surface area contributed by atoms with Crippen LogP contribution in [-0.4, -0.2) is 0 Å². The van der Waals surface area contributed by atoms with Gasteiger partial charge < -0.3 is 5.73 Å². The first-order chi connectivity index (χ1) is 6.15. The highest BCUT2D eigenvalue weighted by atomic mass is 79.9. The van der Waals surface area contributed by atoms with E-state index in [2.05, 4.69) is 22.5 Å². The fourth-order valence-electron chi connectivity index (χ4n) is 1.14. The highest BCUT2D eigenvalue weighted by Gasteiger charge is 2.00. The Bertz CT molecular complexity index is 353. The van der Waals surface area contributed by atoms with Gasteiger partial charge >= 0.3 is 0 Å². The van der Waals surface area contributed by atoms with Gasteiger partial charge in [0.15, 0.2) is 0 Å². The van der Waals surface area contributed by atoms with E-state index >= 15 is 0 Å². The Labute approximate surface area is 87.1 Å². The average molecular weight is 238 g/mol. The summed E-state index contributed by atoms with van der Waals surface area (Å²) in [5.41, 5.74) is 8.32. The summed E-state index contributed by atoms with van der Waals surface area (Å²) in [6, 6.07) is 5.94. The van der Waals surface area contributed by atoms with Gasteiger partial charge in [0.05, 0.1) is 0 Å². The highest BCUT2D eigenvalue weighted by Crippen LogP contribution is 2.21. The van der Waals surface area contributed by atoms with Gasteiger partial charge in [0.2, 0.25) is 0 Å². The van der Waals surface area contributed by atoms with Crippen LogP contribution >= 0.6 is 15.9 Å². The quantitative estimate of drug-likeness (QED) is 0.839. The van der Waals surface area contributed by atoms with Crippen molar-refractivity contribution in [3.63, 3.8) is 0 Å². The second-order valence-corrected chi connectivity index (χ2v) is 3.67. The summed E-state index contributed by atoms with van der Waals surface area (Å²) in [5.74, 6) is 0. The summed E-state index contributed by atoms with van der Waals surface area (Å²) < 4.78 is 1.05. The Balaban J connectivity index is 3.26. The average Bonchev–Trinajstić information content (AvgIpc) is 2.04. The van der Waals surface area contributed by atoms with E-state index in [4.69, 9.17) is 5.73 Å². The van der Waals surface area contributed by atoms with E-state index in [1.807, 2.05) is 37.3 Å². The van der Waals surface area contributed by atoms with E-state index in [0.29, 0.717) is 5.70 Å². The first-order valence-electron chi connectivity index (χ1n) is 4.02. The largest absolute Gasteiger partial charge is 0.399 e. The highest BCUT2D eigenvalue weighted by molar-refractivity contribution is 9.10. The molecule has 0 aliphatic carbocycles. The van der Waals surface area contributed by atoms with Crippen molar-refractivity contribution >= 4 is 27.7 Å². The second kappa shape index (κ2) is 4.28. The van der Waals surface area contributed by atoms with Crippen molar-refractivity contribution in [3.8, 4) is 0 Å². The molecule has 1 aromatic carbocycles. The van der Waals surface area contributed by atoms with Crippen molar-refractivity contribution in [2.24, 2.45) is 5.73 Å². The maximum atomic E-state index is 5.65. The van der Waals surface area contributed by atoms with E-state index < -0.39 is 0 Å². The second-order valence-electron chi connectivity index (χ2n) is 2.76. The van der Waals surface area contributed by atoms with E-state index in [1.54, 1.807) is 0 Å². The molecule has 0 aliphatic heterocycles. The molecule has 0 radical (unpaired) electrons. The molecule has 0 saturated heterocycles. The monoisotopic (exact) mass is 237 g/mol. The van der Waals surface area contributed by atoms with Crippen molar-refractivity contribution in [2.45, 2.75) is 6.92 Å². The first kappa shape index (κ1) is 10.1. The molecule has 1 aromatic rings. The van der Waals surface area contributed by atoms with Crippen LogP contribution in [0.1, 0.15) is 18.1 Å². The molecular weight excluding hydrogens is 226 g/mol. The van der Waals surface area contributed by atoms with Gasteiger partial charge in [0.1, 0.15) is 0 Å². The molecule has 0 bridgehead atoms. The van der Waals surface area contributed by atoms with Crippen LogP contribution in [0.2, 0.25) is 0 Å². The zero-order chi connectivity index (χ0) is 9.84. The number of halogens is 1. The third kappa shape index (κ3) is 2.46. The molecular formula is C11H12BrN. The van der Waals surface area contributed by atoms with Crippen LogP contribution < -0.4 is 5.73 Å². The van der Waals surface area contributed by atoms with Crippen LogP contribution in [0, 0.1) is 0 Å². The molecule has 1 nitrogen and oxygen atoms in total. The normalized spacial score (nSPS) is 10.6. The van der Waals surface area contributed by atoms with Crippen LogP contribution in [0.25, 0.3) is 11.8 Å². The number of allylic oxidation sites excluding steroid dienone is 1. The minimum Gasteiger partial charge on any atom is -0.399 e. The third-order valence-corrected chi connectivity index (χ3v) is 2.20. The van der Waals surface area contributed by atoms with E-state index in [0.717, 1.165) is 15.6 Å². The van der Waals surface area contributed by atoms with Crippen LogP contribution in [0.3, 0.4) is 0 Å². The summed E-state index contributed by atoms with van der Waals surface area (Å²) in [4.78, 5) is 0. The zero-order valence-corrected chi connectivity index (χ0v) is 9.14. The lowest BCUT2D eigenvalue weighted by Gasteiger charge is -2.05. The van der Waals surface area contributed by atoms with E-state index in [-0.39, 0.29) is 0 Å².